The van der Waals surface area contributed by atoms with Crippen molar-refractivity contribution in [3.63, 3.8) is 0 Å². The molecule has 0 spiro atoms. The molecule has 1 aromatic heterocycles. The molecule has 128 valence electrons. The van der Waals surface area contributed by atoms with Crippen LogP contribution in [0, 0.1) is 5.92 Å². The van der Waals surface area contributed by atoms with E-state index in [0.717, 1.165) is 6.42 Å². The predicted octanol–water partition coefficient (Wildman–Crippen LogP) is 3.35. The van der Waals surface area contributed by atoms with E-state index in [0.29, 0.717) is 30.5 Å². The zero-order chi connectivity index (χ0) is 17.3. The van der Waals surface area contributed by atoms with Gasteiger partial charge in [-0.2, -0.15) is 4.98 Å². The van der Waals surface area contributed by atoms with E-state index in [1.807, 2.05) is 26.8 Å². The molecule has 0 unspecified atom stereocenters. The molecule has 0 saturated heterocycles. The fourth-order valence-corrected chi connectivity index (χ4v) is 3.14. The molecule has 1 aromatic carbocycles. The van der Waals surface area contributed by atoms with Gasteiger partial charge in [0.05, 0.1) is 6.04 Å². The van der Waals surface area contributed by atoms with Crippen molar-refractivity contribution in [2.24, 2.45) is 5.92 Å². The summed E-state index contributed by atoms with van der Waals surface area (Å²) in [5.74, 6) is 1.65. The topological polar surface area (TPSA) is 68.0 Å². The van der Waals surface area contributed by atoms with Gasteiger partial charge in [0, 0.05) is 18.3 Å². The van der Waals surface area contributed by atoms with Crippen molar-refractivity contribution in [2.75, 3.05) is 0 Å². The summed E-state index contributed by atoms with van der Waals surface area (Å²) in [6.07, 6.45) is 1.84. The first-order valence-electron chi connectivity index (χ1n) is 8.55. The van der Waals surface area contributed by atoms with Crippen molar-refractivity contribution in [2.45, 2.75) is 58.4 Å². The third-order valence-corrected chi connectivity index (χ3v) is 4.52. The SMILES string of the molecule is C[C@@H]1Cc2ccccc2[C@@H]1NC(=O)CCc1nc(C(C)(C)C)no1. The van der Waals surface area contributed by atoms with E-state index in [2.05, 4.69) is 40.6 Å². The van der Waals surface area contributed by atoms with Crippen LogP contribution in [0.2, 0.25) is 0 Å². The van der Waals surface area contributed by atoms with Gasteiger partial charge in [0.2, 0.25) is 11.8 Å². The first kappa shape index (κ1) is 16.7. The minimum absolute atomic E-state index is 0.0269. The number of nitrogens with one attached hydrogen (secondary N) is 1. The molecule has 1 aliphatic rings. The maximum Gasteiger partial charge on any atom is 0.227 e. The Labute approximate surface area is 142 Å². The van der Waals surface area contributed by atoms with Crippen LogP contribution in [-0.4, -0.2) is 16.0 Å². The number of aryl methyl sites for hydroxylation is 1. The zero-order valence-electron chi connectivity index (χ0n) is 14.8. The van der Waals surface area contributed by atoms with Gasteiger partial charge in [0.25, 0.3) is 0 Å². The summed E-state index contributed by atoms with van der Waals surface area (Å²) in [7, 11) is 0. The highest BCUT2D eigenvalue weighted by Crippen LogP contribution is 2.35. The molecule has 0 bridgehead atoms. The number of carbonyl (C=O) groups is 1. The maximum absolute atomic E-state index is 12.3. The molecule has 1 heterocycles. The minimum Gasteiger partial charge on any atom is -0.349 e. The lowest BCUT2D eigenvalue weighted by atomic mass is 9.96. The van der Waals surface area contributed by atoms with E-state index >= 15 is 0 Å². The van der Waals surface area contributed by atoms with Gasteiger partial charge in [-0.25, -0.2) is 0 Å². The molecule has 3 rings (SSSR count). The Balaban J connectivity index is 1.58. The van der Waals surface area contributed by atoms with E-state index in [9.17, 15) is 4.79 Å². The Kier molecular flexibility index (Phi) is 4.43. The Morgan fingerprint density at radius 1 is 1.33 bits per heavy atom. The van der Waals surface area contributed by atoms with E-state index in [-0.39, 0.29) is 17.4 Å². The molecule has 0 fully saturated rings. The zero-order valence-corrected chi connectivity index (χ0v) is 14.8. The largest absolute Gasteiger partial charge is 0.349 e. The summed E-state index contributed by atoms with van der Waals surface area (Å²) >= 11 is 0. The van der Waals surface area contributed by atoms with Gasteiger partial charge in [-0.15, -0.1) is 0 Å². The van der Waals surface area contributed by atoms with Crippen molar-refractivity contribution in [3.8, 4) is 0 Å². The molecule has 24 heavy (non-hydrogen) atoms. The van der Waals surface area contributed by atoms with Crippen LogP contribution in [0.1, 0.15) is 63.0 Å². The summed E-state index contributed by atoms with van der Waals surface area (Å²) < 4.78 is 5.25. The summed E-state index contributed by atoms with van der Waals surface area (Å²) in [5, 5.41) is 7.16. The number of benzene rings is 1. The van der Waals surface area contributed by atoms with Gasteiger partial charge in [-0.05, 0) is 23.5 Å². The smallest absolute Gasteiger partial charge is 0.227 e. The molecule has 1 aliphatic carbocycles. The van der Waals surface area contributed by atoms with Gasteiger partial charge in [-0.3, -0.25) is 4.79 Å². The Hall–Kier alpha value is -2.17. The number of aromatic nitrogens is 2. The minimum atomic E-state index is -0.146. The molecule has 0 saturated carbocycles. The van der Waals surface area contributed by atoms with Gasteiger partial charge >= 0.3 is 0 Å². The van der Waals surface area contributed by atoms with Gasteiger partial charge in [-0.1, -0.05) is 57.1 Å². The number of rotatable bonds is 4. The van der Waals surface area contributed by atoms with Crippen LogP contribution < -0.4 is 5.32 Å². The molecule has 1 N–H and O–H groups in total. The third kappa shape index (κ3) is 3.50. The van der Waals surface area contributed by atoms with Gasteiger partial charge < -0.3 is 9.84 Å². The molecular formula is C19H25N3O2. The number of amides is 1. The summed E-state index contributed by atoms with van der Waals surface area (Å²) in [6, 6.07) is 8.43. The average Bonchev–Trinajstić information content (AvgIpc) is 3.11. The van der Waals surface area contributed by atoms with Crippen LogP contribution in [0.4, 0.5) is 0 Å². The number of hydrogen-bond donors (Lipinski definition) is 1. The fraction of sp³-hybridized carbons (Fsp3) is 0.526. The second kappa shape index (κ2) is 6.38. The highest BCUT2D eigenvalue weighted by molar-refractivity contribution is 5.76. The highest BCUT2D eigenvalue weighted by Gasteiger charge is 2.30. The monoisotopic (exact) mass is 327 g/mol. The van der Waals surface area contributed by atoms with Crippen LogP contribution in [0.3, 0.4) is 0 Å². The molecule has 0 aliphatic heterocycles. The molecule has 2 aromatic rings. The van der Waals surface area contributed by atoms with Crippen LogP contribution in [-0.2, 0) is 23.1 Å². The van der Waals surface area contributed by atoms with Crippen molar-refractivity contribution in [1.82, 2.24) is 15.5 Å². The van der Waals surface area contributed by atoms with Crippen LogP contribution in [0.15, 0.2) is 28.8 Å². The number of hydrogen-bond acceptors (Lipinski definition) is 4. The quantitative estimate of drug-likeness (QED) is 0.935. The standard InChI is InChI=1S/C19H25N3O2/c1-12-11-13-7-5-6-8-14(13)17(12)20-15(23)9-10-16-21-18(22-24-16)19(2,3)4/h5-8,12,17H,9-11H2,1-4H3,(H,20,23)/t12-,17-/m1/s1. The van der Waals surface area contributed by atoms with E-state index in [1.54, 1.807) is 0 Å². The summed E-state index contributed by atoms with van der Waals surface area (Å²) in [6.45, 7) is 8.28. The normalized spacial score (nSPS) is 20.0. The Morgan fingerprint density at radius 2 is 2.08 bits per heavy atom. The van der Waals surface area contributed by atoms with Crippen LogP contribution >= 0.6 is 0 Å². The van der Waals surface area contributed by atoms with Crippen molar-refractivity contribution >= 4 is 5.91 Å². The molecule has 5 heteroatoms. The highest BCUT2D eigenvalue weighted by atomic mass is 16.5. The fourth-order valence-electron chi connectivity index (χ4n) is 3.14. The first-order valence-corrected chi connectivity index (χ1v) is 8.55. The van der Waals surface area contributed by atoms with Crippen molar-refractivity contribution in [3.05, 3.63) is 47.1 Å². The van der Waals surface area contributed by atoms with E-state index in [1.165, 1.54) is 11.1 Å². The van der Waals surface area contributed by atoms with Crippen molar-refractivity contribution in [1.29, 1.82) is 0 Å². The van der Waals surface area contributed by atoms with Gasteiger partial charge in [0.1, 0.15) is 0 Å². The first-order chi connectivity index (χ1) is 11.3. The molecule has 2 atom stereocenters. The number of nitrogens with zero attached hydrogens (tertiary/aromatic N) is 2. The second-order valence-electron chi connectivity index (χ2n) is 7.69. The van der Waals surface area contributed by atoms with Crippen molar-refractivity contribution < 1.29 is 9.32 Å². The lowest BCUT2D eigenvalue weighted by Crippen LogP contribution is -2.30. The summed E-state index contributed by atoms with van der Waals surface area (Å²) in [5.41, 5.74) is 2.43. The lowest BCUT2D eigenvalue weighted by molar-refractivity contribution is -0.122. The van der Waals surface area contributed by atoms with Crippen LogP contribution in [0.5, 0.6) is 0 Å². The Bertz CT molecular complexity index is 730. The average molecular weight is 327 g/mol. The lowest BCUT2D eigenvalue weighted by Gasteiger charge is -2.18. The Morgan fingerprint density at radius 3 is 2.79 bits per heavy atom. The second-order valence-corrected chi connectivity index (χ2v) is 7.69. The van der Waals surface area contributed by atoms with Gasteiger partial charge in [0.15, 0.2) is 5.82 Å². The maximum atomic E-state index is 12.3. The van der Waals surface area contributed by atoms with Crippen LogP contribution in [0.25, 0.3) is 0 Å². The predicted molar refractivity (Wildman–Crippen MR) is 91.5 cm³/mol. The molecule has 1 amide bonds. The summed E-state index contributed by atoms with van der Waals surface area (Å²) in [4.78, 5) is 16.7. The third-order valence-electron chi connectivity index (χ3n) is 4.52. The number of carbonyl (C=O) groups excluding carboxylic acids is 1. The molecule has 5 nitrogen and oxygen atoms in total. The molecule has 0 radical (unpaired) electrons. The number of fused-ring (bicyclic) bond motifs is 1. The van der Waals surface area contributed by atoms with E-state index in [4.69, 9.17) is 4.52 Å². The molecular weight excluding hydrogens is 302 g/mol. The van der Waals surface area contributed by atoms with E-state index < -0.39 is 0 Å².